The second-order valence-electron chi connectivity index (χ2n) is 2.12. The predicted molar refractivity (Wildman–Crippen MR) is 26.9 cm³/mol. The molecule has 0 saturated carbocycles. The Hall–Kier alpha value is -0.120. The molecule has 0 bridgehead atoms. The van der Waals surface area contributed by atoms with Gasteiger partial charge in [0.15, 0.2) is 0 Å². The van der Waals surface area contributed by atoms with Gasteiger partial charge in [0.2, 0.25) is 0 Å². The lowest BCUT2D eigenvalue weighted by Gasteiger charge is -2.36. The Morgan fingerprint density at radius 1 is 1.71 bits per heavy atom. The number of hydrogen-bond donors (Lipinski definition) is 3. The summed E-state index contributed by atoms with van der Waals surface area (Å²) in [6.07, 6.45) is 0. The summed E-state index contributed by atoms with van der Waals surface area (Å²) in [5, 5.41) is 11.4. The van der Waals surface area contributed by atoms with Crippen LogP contribution in [0.25, 0.3) is 0 Å². The van der Waals surface area contributed by atoms with E-state index in [9.17, 15) is 0 Å². The van der Waals surface area contributed by atoms with Crippen molar-refractivity contribution in [1.82, 2.24) is 5.32 Å². The summed E-state index contributed by atoms with van der Waals surface area (Å²) in [6.45, 7) is 1.60. The van der Waals surface area contributed by atoms with E-state index >= 15 is 0 Å². The van der Waals surface area contributed by atoms with Crippen molar-refractivity contribution >= 4 is 0 Å². The first-order chi connectivity index (χ1) is 3.27. The zero-order valence-electron chi connectivity index (χ0n) is 4.15. The quantitative estimate of drug-likeness (QED) is 0.369. The molecule has 0 radical (unpaired) electrons. The largest absolute Gasteiger partial charge is 0.394 e. The molecule has 1 heterocycles. The van der Waals surface area contributed by atoms with Crippen LogP contribution in [0.3, 0.4) is 0 Å². The van der Waals surface area contributed by atoms with Gasteiger partial charge in [0.05, 0.1) is 12.1 Å². The molecule has 0 spiro atoms. The van der Waals surface area contributed by atoms with Crippen molar-refractivity contribution in [2.75, 3.05) is 19.7 Å². The second kappa shape index (κ2) is 1.43. The maximum absolute atomic E-state index is 8.48. The van der Waals surface area contributed by atoms with E-state index in [4.69, 9.17) is 10.8 Å². The van der Waals surface area contributed by atoms with Gasteiger partial charge >= 0.3 is 0 Å². The Balaban J connectivity index is 2.29. The Labute approximate surface area is 42.5 Å². The van der Waals surface area contributed by atoms with Crippen LogP contribution in [-0.4, -0.2) is 30.3 Å². The van der Waals surface area contributed by atoms with E-state index in [1.165, 1.54) is 0 Å². The van der Waals surface area contributed by atoms with Gasteiger partial charge in [0, 0.05) is 13.1 Å². The highest BCUT2D eigenvalue weighted by atomic mass is 16.3. The van der Waals surface area contributed by atoms with Crippen LogP contribution in [-0.2, 0) is 0 Å². The molecule has 1 fully saturated rings. The first-order valence-electron chi connectivity index (χ1n) is 2.37. The molecule has 42 valence electrons. The summed E-state index contributed by atoms with van der Waals surface area (Å²) in [5.41, 5.74) is 5.20. The molecule has 1 rings (SSSR count). The Bertz CT molecular complexity index is 64.6. The standard InChI is InChI=1S/C4H10N2O/c5-4(3-7)1-6-2-4/h6-7H,1-3,5H2. The molecule has 1 aliphatic heterocycles. The molecule has 0 aromatic carbocycles. The summed E-state index contributed by atoms with van der Waals surface area (Å²) < 4.78 is 0. The van der Waals surface area contributed by atoms with Gasteiger partial charge in [-0.3, -0.25) is 0 Å². The molecule has 7 heavy (non-hydrogen) atoms. The number of aliphatic hydroxyl groups excluding tert-OH is 1. The highest BCUT2D eigenvalue weighted by Crippen LogP contribution is 2.02. The van der Waals surface area contributed by atoms with Crippen LogP contribution >= 0.6 is 0 Å². The number of hydrogen-bond acceptors (Lipinski definition) is 3. The molecule has 0 aromatic heterocycles. The first kappa shape index (κ1) is 5.03. The number of nitrogens with two attached hydrogens (primary N) is 1. The fourth-order valence-electron chi connectivity index (χ4n) is 0.558. The molecule has 0 aromatic rings. The molecule has 3 nitrogen and oxygen atoms in total. The second-order valence-corrected chi connectivity index (χ2v) is 2.12. The van der Waals surface area contributed by atoms with Gasteiger partial charge in [0.25, 0.3) is 0 Å². The van der Waals surface area contributed by atoms with E-state index in [0.29, 0.717) is 0 Å². The maximum atomic E-state index is 8.48. The van der Waals surface area contributed by atoms with E-state index in [2.05, 4.69) is 5.32 Å². The van der Waals surface area contributed by atoms with Crippen LogP contribution in [0.1, 0.15) is 0 Å². The first-order valence-corrected chi connectivity index (χ1v) is 2.37. The van der Waals surface area contributed by atoms with E-state index in [0.717, 1.165) is 13.1 Å². The average molecular weight is 102 g/mol. The van der Waals surface area contributed by atoms with Gasteiger partial charge in [-0.15, -0.1) is 0 Å². The number of nitrogens with one attached hydrogen (secondary N) is 1. The van der Waals surface area contributed by atoms with E-state index < -0.39 is 0 Å². The van der Waals surface area contributed by atoms with Gasteiger partial charge < -0.3 is 16.2 Å². The van der Waals surface area contributed by atoms with E-state index in [1.807, 2.05) is 0 Å². The van der Waals surface area contributed by atoms with Gasteiger partial charge in [-0.1, -0.05) is 0 Å². The van der Waals surface area contributed by atoms with Crippen molar-refractivity contribution in [3.8, 4) is 0 Å². The highest BCUT2D eigenvalue weighted by Gasteiger charge is 2.30. The lowest BCUT2D eigenvalue weighted by Crippen LogP contribution is -2.67. The van der Waals surface area contributed by atoms with Crippen LogP contribution in [0.2, 0.25) is 0 Å². The molecule has 1 aliphatic rings. The third-order valence-electron chi connectivity index (χ3n) is 1.27. The third kappa shape index (κ3) is 0.748. The van der Waals surface area contributed by atoms with E-state index in [1.54, 1.807) is 0 Å². The topological polar surface area (TPSA) is 58.3 Å². The van der Waals surface area contributed by atoms with Crippen molar-refractivity contribution in [3.05, 3.63) is 0 Å². The third-order valence-corrected chi connectivity index (χ3v) is 1.27. The molecule has 3 heteroatoms. The Kier molecular flexibility index (Phi) is 1.03. The van der Waals surface area contributed by atoms with Crippen LogP contribution in [0.5, 0.6) is 0 Å². The fourth-order valence-corrected chi connectivity index (χ4v) is 0.558. The minimum atomic E-state index is -0.292. The SMILES string of the molecule is NC1(CO)CNC1. The molecule has 0 unspecified atom stereocenters. The van der Waals surface area contributed by atoms with Gasteiger partial charge in [-0.25, -0.2) is 0 Å². The average Bonchev–Trinajstić information content (AvgIpc) is 1.61. The maximum Gasteiger partial charge on any atom is 0.0641 e. The summed E-state index contributed by atoms with van der Waals surface area (Å²) in [4.78, 5) is 0. The molecule has 0 aliphatic carbocycles. The monoisotopic (exact) mass is 102 g/mol. The van der Waals surface area contributed by atoms with E-state index in [-0.39, 0.29) is 12.1 Å². The molecule has 4 N–H and O–H groups in total. The minimum absolute atomic E-state index is 0.0972. The fraction of sp³-hybridized carbons (Fsp3) is 1.00. The van der Waals surface area contributed by atoms with Crippen LogP contribution in [0.4, 0.5) is 0 Å². The normalized spacial score (nSPS) is 26.6. The summed E-state index contributed by atoms with van der Waals surface area (Å²) in [5.74, 6) is 0. The van der Waals surface area contributed by atoms with Crippen molar-refractivity contribution in [3.63, 3.8) is 0 Å². The lowest BCUT2D eigenvalue weighted by atomic mass is 9.96. The zero-order valence-corrected chi connectivity index (χ0v) is 4.15. The molecule has 0 atom stereocenters. The Morgan fingerprint density at radius 3 is 2.29 bits per heavy atom. The van der Waals surface area contributed by atoms with Crippen molar-refractivity contribution in [2.24, 2.45) is 5.73 Å². The number of rotatable bonds is 1. The molecule has 1 saturated heterocycles. The van der Waals surface area contributed by atoms with Crippen molar-refractivity contribution in [1.29, 1.82) is 0 Å². The van der Waals surface area contributed by atoms with Crippen LogP contribution < -0.4 is 11.1 Å². The van der Waals surface area contributed by atoms with Crippen LogP contribution in [0, 0.1) is 0 Å². The summed E-state index contributed by atoms with van der Waals surface area (Å²) in [7, 11) is 0. The summed E-state index contributed by atoms with van der Waals surface area (Å²) in [6, 6.07) is 0. The Morgan fingerprint density at radius 2 is 2.29 bits per heavy atom. The summed E-state index contributed by atoms with van der Waals surface area (Å²) >= 11 is 0. The molecular weight excluding hydrogens is 92.1 g/mol. The molecular formula is C4H10N2O. The molecule has 0 amide bonds. The van der Waals surface area contributed by atoms with Crippen molar-refractivity contribution in [2.45, 2.75) is 5.54 Å². The zero-order chi connectivity index (χ0) is 5.33. The van der Waals surface area contributed by atoms with Crippen LogP contribution in [0.15, 0.2) is 0 Å². The van der Waals surface area contributed by atoms with Crippen molar-refractivity contribution < 1.29 is 5.11 Å². The predicted octanol–water partition coefficient (Wildman–Crippen LogP) is -1.72. The highest BCUT2D eigenvalue weighted by molar-refractivity contribution is 4.96. The van der Waals surface area contributed by atoms with Gasteiger partial charge in [0.1, 0.15) is 0 Å². The minimum Gasteiger partial charge on any atom is -0.394 e. The smallest absolute Gasteiger partial charge is 0.0641 e. The van der Waals surface area contributed by atoms with Gasteiger partial charge in [-0.2, -0.15) is 0 Å². The van der Waals surface area contributed by atoms with Gasteiger partial charge in [-0.05, 0) is 0 Å². The number of aliphatic hydroxyl groups is 1. The lowest BCUT2D eigenvalue weighted by molar-refractivity contribution is 0.146.